The lowest BCUT2D eigenvalue weighted by Crippen LogP contribution is -2.55. The number of aromatic nitrogens is 3. The Morgan fingerprint density at radius 2 is 1.77 bits per heavy atom. The Kier molecular flexibility index (Phi) is 8.09. The third-order valence-electron chi connectivity index (χ3n) is 7.70. The number of aromatic hydroxyl groups is 1. The molecule has 2 aromatic carbocycles. The van der Waals surface area contributed by atoms with E-state index in [4.69, 9.17) is 4.74 Å². The molecule has 44 heavy (non-hydrogen) atoms. The molecule has 1 fully saturated rings. The maximum absolute atomic E-state index is 15.9. The molecule has 0 bridgehead atoms. The van der Waals surface area contributed by atoms with Crippen molar-refractivity contribution in [1.29, 1.82) is 0 Å². The quantitative estimate of drug-likeness (QED) is 0.291. The first-order valence-corrected chi connectivity index (χ1v) is 14.6. The van der Waals surface area contributed by atoms with Crippen molar-refractivity contribution >= 4 is 22.9 Å². The number of ether oxygens (including phenoxy) is 1. The Balaban J connectivity index is 1.73. The van der Waals surface area contributed by atoms with Gasteiger partial charge in [0.2, 0.25) is 0 Å². The molecule has 9 nitrogen and oxygen atoms in total. The molecule has 1 saturated heterocycles. The maximum Gasteiger partial charge on any atom is 0.410 e. The maximum atomic E-state index is 15.9. The van der Waals surface area contributed by atoms with Crippen LogP contribution in [0.2, 0.25) is 0 Å². The first kappa shape index (κ1) is 30.9. The number of piperazine rings is 1. The van der Waals surface area contributed by atoms with Gasteiger partial charge in [-0.05, 0) is 69.9 Å². The normalized spacial score (nSPS) is 15.7. The number of pyridine rings is 1. The minimum Gasteiger partial charge on any atom is -0.507 e. The van der Waals surface area contributed by atoms with Gasteiger partial charge in [0.1, 0.15) is 28.7 Å². The molecule has 232 valence electrons. The van der Waals surface area contributed by atoms with E-state index in [-0.39, 0.29) is 35.4 Å². The smallest absolute Gasteiger partial charge is 0.410 e. The molecule has 2 aromatic heterocycles. The van der Waals surface area contributed by atoms with Crippen molar-refractivity contribution in [3.8, 4) is 22.7 Å². The van der Waals surface area contributed by atoms with Gasteiger partial charge in [-0.1, -0.05) is 38.1 Å². The van der Waals surface area contributed by atoms with E-state index < -0.39 is 46.0 Å². The lowest BCUT2D eigenvalue weighted by atomic mass is 9.98. The second-order valence-electron chi connectivity index (χ2n) is 12.5. The number of carbonyl (C=O) groups is 1. The third kappa shape index (κ3) is 5.70. The van der Waals surface area contributed by atoms with Gasteiger partial charge < -0.3 is 19.6 Å². The van der Waals surface area contributed by atoms with Gasteiger partial charge in [0, 0.05) is 25.7 Å². The van der Waals surface area contributed by atoms with E-state index >= 15 is 4.39 Å². The van der Waals surface area contributed by atoms with E-state index in [1.54, 1.807) is 25.7 Å². The molecule has 1 atom stereocenters. The summed E-state index contributed by atoms with van der Waals surface area (Å²) in [5.74, 6) is -2.01. The summed E-state index contributed by atoms with van der Waals surface area (Å²) >= 11 is 0. The largest absolute Gasteiger partial charge is 0.507 e. The number of hydrogen-bond acceptors (Lipinski definition) is 7. The van der Waals surface area contributed by atoms with Gasteiger partial charge in [-0.25, -0.2) is 27.9 Å². The SMILES string of the molecule is Cc1cccc(C(C)C)c1-n1c(=O)nc(N2CCN(C(=O)OC(C)(C)C)[C@@H](C)C2)c2cc(F)c(-c3c(O)cccc3F)nc21. The van der Waals surface area contributed by atoms with Crippen molar-refractivity contribution in [2.45, 2.75) is 66.0 Å². The summed E-state index contributed by atoms with van der Waals surface area (Å²) in [7, 11) is 0. The number of benzene rings is 2. The van der Waals surface area contributed by atoms with Crippen LogP contribution < -0.4 is 10.6 Å². The molecule has 11 heteroatoms. The van der Waals surface area contributed by atoms with Gasteiger partial charge in [-0.15, -0.1) is 0 Å². The van der Waals surface area contributed by atoms with E-state index in [1.165, 1.54) is 22.8 Å². The van der Waals surface area contributed by atoms with Crippen LogP contribution >= 0.6 is 0 Å². The van der Waals surface area contributed by atoms with E-state index in [0.29, 0.717) is 18.8 Å². The first-order valence-electron chi connectivity index (χ1n) is 14.6. The summed E-state index contributed by atoms with van der Waals surface area (Å²) in [4.78, 5) is 39.2. The predicted molar refractivity (Wildman–Crippen MR) is 166 cm³/mol. The number of phenolic OH excluding ortho intramolecular Hbond substituents is 1. The highest BCUT2D eigenvalue weighted by Gasteiger charge is 2.33. The number of hydrogen-bond donors (Lipinski definition) is 1. The first-order chi connectivity index (χ1) is 20.7. The Bertz CT molecular complexity index is 1790. The monoisotopic (exact) mass is 605 g/mol. The summed E-state index contributed by atoms with van der Waals surface area (Å²) in [6.07, 6.45) is -0.444. The van der Waals surface area contributed by atoms with Gasteiger partial charge in [0.25, 0.3) is 0 Å². The number of aryl methyl sites for hydroxylation is 1. The standard InChI is InChI=1S/C33H37F2N5O4/c1-18(2)21-11-8-10-19(3)28(21)40-30-22(16-24(35)27(36-30)26-23(34)12-9-13-25(26)41)29(37-31(40)42)38-14-15-39(20(4)17-38)32(43)44-33(5,6)7/h8-13,16,18,20,41H,14-15,17H2,1-7H3/t20-/m0/s1. The lowest BCUT2D eigenvalue weighted by Gasteiger charge is -2.41. The number of para-hydroxylation sites is 1. The number of anilines is 1. The van der Waals surface area contributed by atoms with E-state index in [0.717, 1.165) is 17.2 Å². The zero-order valence-electron chi connectivity index (χ0n) is 26.0. The highest BCUT2D eigenvalue weighted by atomic mass is 19.1. The van der Waals surface area contributed by atoms with Crippen molar-refractivity contribution in [3.05, 3.63) is 75.7 Å². The van der Waals surface area contributed by atoms with Crippen LogP contribution in [0.4, 0.5) is 19.4 Å². The molecule has 0 spiro atoms. The second kappa shape index (κ2) is 11.5. The number of fused-ring (bicyclic) bond motifs is 1. The zero-order chi connectivity index (χ0) is 32.1. The summed E-state index contributed by atoms with van der Waals surface area (Å²) in [5, 5.41) is 10.7. The number of nitrogens with zero attached hydrogens (tertiary/aromatic N) is 5. The summed E-state index contributed by atoms with van der Waals surface area (Å²) < 4.78 is 37.8. The fourth-order valence-electron chi connectivity index (χ4n) is 5.67. The highest BCUT2D eigenvalue weighted by Crippen LogP contribution is 2.37. The van der Waals surface area contributed by atoms with Crippen molar-refractivity contribution in [1.82, 2.24) is 19.4 Å². The van der Waals surface area contributed by atoms with Gasteiger partial charge in [0.15, 0.2) is 11.5 Å². The highest BCUT2D eigenvalue weighted by molar-refractivity contribution is 5.91. The van der Waals surface area contributed by atoms with Crippen molar-refractivity contribution in [2.75, 3.05) is 24.5 Å². The molecule has 0 unspecified atom stereocenters. The van der Waals surface area contributed by atoms with Crippen LogP contribution in [0.1, 0.15) is 58.6 Å². The predicted octanol–water partition coefficient (Wildman–Crippen LogP) is 6.31. The lowest BCUT2D eigenvalue weighted by molar-refractivity contribution is 0.0158. The number of halogens is 2. The number of amides is 1. The summed E-state index contributed by atoms with van der Waals surface area (Å²) in [5.41, 5.74) is 0.112. The Labute approximate surface area is 254 Å². The van der Waals surface area contributed by atoms with Crippen LogP contribution in [0, 0.1) is 18.6 Å². The van der Waals surface area contributed by atoms with Crippen molar-refractivity contribution in [3.63, 3.8) is 0 Å². The van der Waals surface area contributed by atoms with Crippen molar-refractivity contribution < 1.29 is 23.4 Å². The summed E-state index contributed by atoms with van der Waals surface area (Å²) in [6, 6.07) is 10.2. The Morgan fingerprint density at radius 3 is 2.41 bits per heavy atom. The minimum atomic E-state index is -0.888. The van der Waals surface area contributed by atoms with Crippen LogP contribution in [-0.2, 0) is 4.74 Å². The van der Waals surface area contributed by atoms with Gasteiger partial charge in [-0.3, -0.25) is 0 Å². The molecule has 5 rings (SSSR count). The molecule has 1 aliphatic rings. The topological polar surface area (TPSA) is 101 Å². The Hall–Kier alpha value is -4.54. The third-order valence-corrected chi connectivity index (χ3v) is 7.70. The van der Waals surface area contributed by atoms with Gasteiger partial charge in [0.05, 0.1) is 16.6 Å². The number of carbonyl (C=O) groups excluding carboxylic acids is 1. The van der Waals surface area contributed by atoms with Gasteiger partial charge in [-0.2, -0.15) is 4.98 Å². The Morgan fingerprint density at radius 1 is 1.07 bits per heavy atom. The van der Waals surface area contributed by atoms with E-state index in [2.05, 4.69) is 9.97 Å². The zero-order valence-corrected chi connectivity index (χ0v) is 26.0. The molecule has 0 saturated carbocycles. The molecule has 1 aliphatic heterocycles. The van der Waals surface area contributed by atoms with Crippen molar-refractivity contribution in [2.24, 2.45) is 0 Å². The molecule has 1 N–H and O–H groups in total. The molecular formula is C33H37F2N5O4. The number of rotatable bonds is 4. The van der Waals surface area contributed by atoms with E-state index in [9.17, 15) is 19.1 Å². The summed E-state index contributed by atoms with van der Waals surface area (Å²) in [6.45, 7) is 14.0. The molecule has 1 amide bonds. The van der Waals surface area contributed by atoms with E-state index in [1.807, 2.05) is 50.8 Å². The van der Waals surface area contributed by atoms with Crippen LogP contribution in [0.15, 0.2) is 47.3 Å². The van der Waals surface area contributed by atoms with Crippen LogP contribution in [0.3, 0.4) is 0 Å². The molecule has 0 aliphatic carbocycles. The molecule has 4 aromatic rings. The van der Waals surface area contributed by atoms with Crippen LogP contribution in [0.5, 0.6) is 5.75 Å². The van der Waals surface area contributed by atoms with Crippen LogP contribution in [-0.4, -0.2) is 61.9 Å². The fourth-order valence-corrected chi connectivity index (χ4v) is 5.67. The molecule has 3 heterocycles. The minimum absolute atomic E-state index is 0.0174. The average Bonchev–Trinajstić information content (AvgIpc) is 2.92. The number of phenols is 1. The molecular weight excluding hydrogens is 568 g/mol. The van der Waals surface area contributed by atoms with Crippen LogP contribution in [0.25, 0.3) is 28.0 Å². The average molecular weight is 606 g/mol. The second-order valence-corrected chi connectivity index (χ2v) is 12.5. The van der Waals surface area contributed by atoms with Gasteiger partial charge >= 0.3 is 11.8 Å². The fraction of sp³-hybridized carbons (Fsp3) is 0.394. The molecule has 0 radical (unpaired) electrons.